The van der Waals surface area contributed by atoms with Gasteiger partial charge in [0.15, 0.2) is 0 Å². The van der Waals surface area contributed by atoms with E-state index in [0.29, 0.717) is 11.6 Å². The molecule has 0 amide bonds. The Bertz CT molecular complexity index is 523. The maximum Gasteiger partial charge on any atom is 0.221 e. The Morgan fingerprint density at radius 3 is 2.73 bits per heavy atom. The summed E-state index contributed by atoms with van der Waals surface area (Å²) >= 11 is 0. The van der Waals surface area contributed by atoms with Crippen LogP contribution >= 0.6 is 0 Å². The van der Waals surface area contributed by atoms with Crippen molar-refractivity contribution in [3.8, 4) is 11.6 Å². The molecule has 3 N–H and O–H groups in total. The number of benzene rings is 1. The lowest BCUT2D eigenvalue weighted by Gasteiger charge is -2.09. The van der Waals surface area contributed by atoms with Gasteiger partial charge in [0.25, 0.3) is 0 Å². The van der Waals surface area contributed by atoms with E-state index in [2.05, 4.69) is 4.98 Å². The van der Waals surface area contributed by atoms with E-state index in [-0.39, 0.29) is 5.75 Å². The zero-order chi connectivity index (χ0) is 11.0. The van der Waals surface area contributed by atoms with Crippen molar-refractivity contribution in [1.82, 2.24) is 4.98 Å². The number of nitrogen functional groups attached to an aromatic ring is 1. The number of methoxy groups -OCH3 is 1. The lowest BCUT2D eigenvalue weighted by Crippen LogP contribution is -1.98. The third-order valence-corrected chi connectivity index (χ3v) is 2.38. The van der Waals surface area contributed by atoms with Gasteiger partial charge in [0.05, 0.1) is 18.5 Å². The van der Waals surface area contributed by atoms with Gasteiger partial charge in [0.2, 0.25) is 5.88 Å². The predicted octanol–water partition coefficient (Wildman–Crippen LogP) is 1.84. The highest BCUT2D eigenvalue weighted by atomic mass is 16.5. The van der Waals surface area contributed by atoms with Gasteiger partial charge < -0.3 is 15.6 Å². The van der Waals surface area contributed by atoms with Gasteiger partial charge in [-0.15, -0.1) is 0 Å². The molecule has 0 aliphatic carbocycles. The molecule has 0 radical (unpaired) electrons. The first-order valence-corrected chi connectivity index (χ1v) is 4.56. The van der Waals surface area contributed by atoms with E-state index in [1.54, 1.807) is 25.3 Å². The number of fused-ring (bicyclic) bond motifs is 1. The van der Waals surface area contributed by atoms with Crippen LogP contribution in [-0.2, 0) is 0 Å². The third-order valence-electron chi connectivity index (χ3n) is 2.38. The van der Waals surface area contributed by atoms with Gasteiger partial charge in [-0.3, -0.25) is 0 Å². The number of phenols is 1. The van der Waals surface area contributed by atoms with Crippen LogP contribution in [0.5, 0.6) is 11.6 Å². The second-order valence-corrected chi connectivity index (χ2v) is 3.35. The first-order valence-electron chi connectivity index (χ1n) is 4.56. The van der Waals surface area contributed by atoms with Gasteiger partial charge in [-0.25, -0.2) is 4.98 Å². The summed E-state index contributed by atoms with van der Waals surface area (Å²) in [6, 6.07) is 4.95. The summed E-state index contributed by atoms with van der Waals surface area (Å²) in [4.78, 5) is 4.20. The summed E-state index contributed by atoms with van der Waals surface area (Å²) in [5.41, 5.74) is 7.24. The maximum absolute atomic E-state index is 9.39. The van der Waals surface area contributed by atoms with E-state index < -0.39 is 0 Å². The van der Waals surface area contributed by atoms with Crippen LogP contribution in [0, 0.1) is 6.92 Å². The summed E-state index contributed by atoms with van der Waals surface area (Å²) < 4.78 is 5.14. The van der Waals surface area contributed by atoms with Crippen LogP contribution in [0.15, 0.2) is 18.2 Å². The van der Waals surface area contributed by atoms with Gasteiger partial charge in [-0.1, -0.05) is 0 Å². The molecule has 0 spiro atoms. The molecule has 15 heavy (non-hydrogen) atoms. The number of aromatic hydroxyl groups is 1. The van der Waals surface area contributed by atoms with Crippen LogP contribution in [0.2, 0.25) is 0 Å². The first-order chi connectivity index (χ1) is 7.13. The summed E-state index contributed by atoms with van der Waals surface area (Å²) in [5, 5.41) is 11.0. The van der Waals surface area contributed by atoms with Crippen LogP contribution in [0.4, 0.5) is 5.69 Å². The Morgan fingerprint density at radius 1 is 1.33 bits per heavy atom. The highest BCUT2D eigenvalue weighted by Crippen LogP contribution is 2.32. The van der Waals surface area contributed by atoms with E-state index in [1.807, 2.05) is 6.92 Å². The molecule has 0 saturated heterocycles. The van der Waals surface area contributed by atoms with Crippen LogP contribution < -0.4 is 10.5 Å². The fraction of sp³-hybridized carbons (Fsp3) is 0.182. The molecule has 0 aliphatic rings. The molecule has 1 aromatic carbocycles. The number of nitrogens with zero attached hydrogens (tertiary/aromatic N) is 1. The van der Waals surface area contributed by atoms with Crippen molar-refractivity contribution < 1.29 is 9.84 Å². The lowest BCUT2D eigenvalue weighted by molar-refractivity contribution is 0.402. The number of phenolic OH excluding ortho intramolecular Hbond substituents is 1. The number of hydrogen-bond donors (Lipinski definition) is 2. The van der Waals surface area contributed by atoms with E-state index in [9.17, 15) is 5.11 Å². The zero-order valence-electron chi connectivity index (χ0n) is 8.61. The summed E-state index contributed by atoms with van der Waals surface area (Å²) in [6.07, 6.45) is 0. The van der Waals surface area contributed by atoms with Crippen molar-refractivity contribution in [3.05, 3.63) is 23.9 Å². The molecule has 2 aromatic rings. The molecule has 0 fully saturated rings. The number of hydrogen-bond acceptors (Lipinski definition) is 4. The Kier molecular flexibility index (Phi) is 2.11. The Hall–Kier alpha value is -1.97. The molecule has 0 aliphatic heterocycles. The molecule has 0 unspecified atom stereocenters. The predicted molar refractivity (Wildman–Crippen MR) is 59.1 cm³/mol. The summed E-state index contributed by atoms with van der Waals surface area (Å²) in [7, 11) is 1.54. The second-order valence-electron chi connectivity index (χ2n) is 3.35. The molecule has 1 aromatic heterocycles. The van der Waals surface area contributed by atoms with Crippen LogP contribution in [-0.4, -0.2) is 17.2 Å². The molecular formula is C11H12N2O2. The SMILES string of the molecule is COc1nc(C)c(N)c2ccc(O)cc12. The number of aromatic nitrogens is 1. The molecule has 4 nitrogen and oxygen atoms in total. The first kappa shape index (κ1) is 9.58. The Labute approximate surface area is 87.3 Å². The third kappa shape index (κ3) is 1.44. The van der Waals surface area contributed by atoms with E-state index in [1.165, 1.54) is 0 Å². The average molecular weight is 204 g/mol. The van der Waals surface area contributed by atoms with Gasteiger partial charge in [-0.2, -0.15) is 0 Å². The monoisotopic (exact) mass is 204 g/mol. The largest absolute Gasteiger partial charge is 0.508 e. The van der Waals surface area contributed by atoms with Gasteiger partial charge in [0.1, 0.15) is 5.75 Å². The van der Waals surface area contributed by atoms with Gasteiger partial charge in [-0.05, 0) is 25.1 Å². The van der Waals surface area contributed by atoms with Crippen molar-refractivity contribution in [1.29, 1.82) is 0 Å². The molecule has 1 heterocycles. The number of anilines is 1. The van der Waals surface area contributed by atoms with Crippen molar-refractivity contribution in [2.45, 2.75) is 6.92 Å². The molecule has 0 atom stereocenters. The van der Waals surface area contributed by atoms with Gasteiger partial charge in [0, 0.05) is 10.8 Å². The molecule has 0 saturated carbocycles. The molecular weight excluding hydrogens is 192 g/mol. The number of ether oxygens (including phenoxy) is 1. The number of rotatable bonds is 1. The number of pyridine rings is 1. The smallest absolute Gasteiger partial charge is 0.221 e. The Balaban J connectivity index is 2.90. The number of nitrogens with two attached hydrogens (primary N) is 1. The average Bonchev–Trinajstić information content (AvgIpc) is 2.23. The van der Waals surface area contributed by atoms with Crippen molar-refractivity contribution in [2.75, 3.05) is 12.8 Å². The lowest BCUT2D eigenvalue weighted by atomic mass is 10.1. The van der Waals surface area contributed by atoms with Crippen molar-refractivity contribution in [3.63, 3.8) is 0 Å². The molecule has 2 rings (SSSR count). The normalized spacial score (nSPS) is 10.5. The quantitative estimate of drug-likeness (QED) is 0.743. The minimum absolute atomic E-state index is 0.172. The topological polar surface area (TPSA) is 68.4 Å². The van der Waals surface area contributed by atoms with Crippen molar-refractivity contribution >= 4 is 16.5 Å². The Morgan fingerprint density at radius 2 is 2.07 bits per heavy atom. The minimum Gasteiger partial charge on any atom is -0.508 e. The standard InChI is InChI=1S/C11H12N2O2/c1-6-10(12)8-4-3-7(14)5-9(8)11(13-6)15-2/h3-5,14H,12H2,1-2H3. The maximum atomic E-state index is 9.39. The minimum atomic E-state index is 0.172. The molecule has 78 valence electrons. The van der Waals surface area contributed by atoms with Crippen LogP contribution in [0.1, 0.15) is 5.69 Å². The van der Waals surface area contributed by atoms with E-state index in [4.69, 9.17) is 10.5 Å². The molecule has 4 heteroatoms. The van der Waals surface area contributed by atoms with E-state index >= 15 is 0 Å². The molecule has 0 bridgehead atoms. The summed E-state index contributed by atoms with van der Waals surface area (Å²) in [6.45, 7) is 1.82. The van der Waals surface area contributed by atoms with E-state index in [0.717, 1.165) is 16.5 Å². The van der Waals surface area contributed by atoms with Crippen molar-refractivity contribution in [2.24, 2.45) is 0 Å². The second kappa shape index (κ2) is 3.31. The summed E-state index contributed by atoms with van der Waals surface area (Å²) in [5.74, 6) is 0.651. The van der Waals surface area contributed by atoms with Gasteiger partial charge >= 0.3 is 0 Å². The van der Waals surface area contributed by atoms with Crippen LogP contribution in [0.3, 0.4) is 0 Å². The number of aryl methyl sites for hydroxylation is 1. The fourth-order valence-electron chi connectivity index (χ4n) is 1.57. The zero-order valence-corrected chi connectivity index (χ0v) is 8.61. The van der Waals surface area contributed by atoms with Crippen LogP contribution in [0.25, 0.3) is 10.8 Å². The highest BCUT2D eigenvalue weighted by molar-refractivity contribution is 5.97. The fourth-order valence-corrected chi connectivity index (χ4v) is 1.57. The highest BCUT2D eigenvalue weighted by Gasteiger charge is 2.09.